The summed E-state index contributed by atoms with van der Waals surface area (Å²) in [6.07, 6.45) is 2.26. The Balaban J connectivity index is 1.59. The number of hydrogen-bond donors (Lipinski definition) is 2. The fourth-order valence-corrected chi connectivity index (χ4v) is 3.11. The standard InChI is InChI=1S/C21H28N4O2/c1-13(2)12-25-15(4)19(14(3)24-25)11-20(26)22-17-7-9-18(10-8-17)23-21(27)16-5-6-16/h7-10,13,16H,5-6,11-12H2,1-4H3,(H,22,26)(H,23,27). The van der Waals surface area contributed by atoms with Gasteiger partial charge in [0.05, 0.1) is 12.1 Å². The van der Waals surface area contributed by atoms with Gasteiger partial charge in [0.1, 0.15) is 0 Å². The average molecular weight is 368 g/mol. The number of nitrogens with one attached hydrogen (secondary N) is 2. The molecule has 2 aromatic rings. The molecule has 2 amide bonds. The molecule has 1 aromatic heterocycles. The number of carbonyl (C=O) groups excluding carboxylic acids is 2. The summed E-state index contributed by atoms with van der Waals surface area (Å²) in [5.74, 6) is 0.687. The number of hydrogen-bond acceptors (Lipinski definition) is 3. The molecule has 0 aliphatic heterocycles. The molecule has 3 rings (SSSR count). The topological polar surface area (TPSA) is 76.0 Å². The first-order chi connectivity index (χ1) is 12.8. The third-order valence-electron chi connectivity index (χ3n) is 4.79. The van der Waals surface area contributed by atoms with Gasteiger partial charge in [-0.3, -0.25) is 14.3 Å². The fraction of sp³-hybridized carbons (Fsp3) is 0.476. The van der Waals surface area contributed by atoms with Crippen LogP contribution in [-0.4, -0.2) is 21.6 Å². The number of benzene rings is 1. The molecule has 6 nitrogen and oxygen atoms in total. The van der Waals surface area contributed by atoms with E-state index in [0.29, 0.717) is 18.0 Å². The molecule has 144 valence electrons. The molecule has 0 saturated heterocycles. The van der Waals surface area contributed by atoms with E-state index in [1.165, 1.54) is 0 Å². The fourth-order valence-electron chi connectivity index (χ4n) is 3.11. The highest BCUT2D eigenvalue weighted by Crippen LogP contribution is 2.30. The maximum absolute atomic E-state index is 12.5. The quantitative estimate of drug-likeness (QED) is 0.783. The Morgan fingerprint density at radius 2 is 1.70 bits per heavy atom. The van der Waals surface area contributed by atoms with E-state index in [4.69, 9.17) is 0 Å². The van der Waals surface area contributed by atoms with Gasteiger partial charge < -0.3 is 10.6 Å². The van der Waals surface area contributed by atoms with E-state index in [0.717, 1.165) is 42.0 Å². The van der Waals surface area contributed by atoms with Crippen molar-refractivity contribution in [2.45, 2.75) is 53.5 Å². The van der Waals surface area contributed by atoms with Gasteiger partial charge >= 0.3 is 0 Å². The maximum atomic E-state index is 12.5. The molecule has 0 unspecified atom stereocenters. The van der Waals surface area contributed by atoms with Crippen molar-refractivity contribution in [2.24, 2.45) is 11.8 Å². The lowest BCUT2D eigenvalue weighted by molar-refractivity contribution is -0.117. The van der Waals surface area contributed by atoms with Crippen LogP contribution in [0.2, 0.25) is 0 Å². The monoisotopic (exact) mass is 368 g/mol. The minimum absolute atomic E-state index is 0.0694. The largest absolute Gasteiger partial charge is 0.326 e. The summed E-state index contributed by atoms with van der Waals surface area (Å²) in [6, 6.07) is 7.24. The zero-order chi connectivity index (χ0) is 19.6. The van der Waals surface area contributed by atoms with Gasteiger partial charge in [0.15, 0.2) is 0 Å². The van der Waals surface area contributed by atoms with Gasteiger partial charge in [-0.05, 0) is 56.9 Å². The molecule has 1 heterocycles. The number of carbonyl (C=O) groups is 2. The van der Waals surface area contributed by atoms with Gasteiger partial charge in [-0.1, -0.05) is 13.8 Å². The highest BCUT2D eigenvalue weighted by Gasteiger charge is 2.29. The van der Waals surface area contributed by atoms with Gasteiger partial charge in [-0.15, -0.1) is 0 Å². The third-order valence-corrected chi connectivity index (χ3v) is 4.79. The molecule has 1 aliphatic carbocycles. The molecule has 27 heavy (non-hydrogen) atoms. The molecule has 0 atom stereocenters. The number of amides is 2. The molecule has 1 saturated carbocycles. The summed E-state index contributed by atoms with van der Waals surface area (Å²) in [4.78, 5) is 24.2. The first-order valence-corrected chi connectivity index (χ1v) is 9.57. The van der Waals surface area contributed by atoms with Crippen molar-refractivity contribution in [2.75, 3.05) is 10.6 Å². The minimum atomic E-state index is -0.0694. The van der Waals surface area contributed by atoms with Crippen LogP contribution in [0.4, 0.5) is 11.4 Å². The van der Waals surface area contributed by atoms with Gasteiger partial charge in [-0.25, -0.2) is 0 Å². The van der Waals surface area contributed by atoms with Crippen LogP contribution in [0.15, 0.2) is 24.3 Å². The van der Waals surface area contributed by atoms with Gasteiger partial charge in [0.2, 0.25) is 11.8 Å². The Labute approximate surface area is 160 Å². The maximum Gasteiger partial charge on any atom is 0.228 e. The second-order valence-electron chi connectivity index (χ2n) is 7.79. The van der Waals surface area contributed by atoms with E-state index < -0.39 is 0 Å². The van der Waals surface area contributed by atoms with Crippen molar-refractivity contribution in [1.82, 2.24) is 9.78 Å². The van der Waals surface area contributed by atoms with Crippen LogP contribution in [0, 0.1) is 25.7 Å². The molecule has 2 N–H and O–H groups in total. The lowest BCUT2D eigenvalue weighted by Gasteiger charge is -2.09. The van der Waals surface area contributed by atoms with Crippen LogP contribution in [0.5, 0.6) is 0 Å². The first kappa shape index (κ1) is 19.1. The normalized spacial score (nSPS) is 13.7. The molecule has 6 heteroatoms. The number of nitrogens with zero attached hydrogens (tertiary/aromatic N) is 2. The molecule has 0 spiro atoms. The van der Waals surface area contributed by atoms with Gasteiger partial charge in [-0.2, -0.15) is 5.10 Å². The Hall–Kier alpha value is -2.63. The summed E-state index contributed by atoms with van der Waals surface area (Å²) in [5.41, 5.74) is 4.42. The van der Waals surface area contributed by atoms with Crippen LogP contribution >= 0.6 is 0 Å². The van der Waals surface area contributed by atoms with Crippen LogP contribution in [0.25, 0.3) is 0 Å². The number of rotatable bonds is 7. The minimum Gasteiger partial charge on any atom is -0.326 e. The van der Waals surface area contributed by atoms with Crippen LogP contribution in [0.3, 0.4) is 0 Å². The van der Waals surface area contributed by atoms with Crippen molar-refractivity contribution in [3.05, 3.63) is 41.2 Å². The van der Waals surface area contributed by atoms with Crippen molar-refractivity contribution in [3.8, 4) is 0 Å². The van der Waals surface area contributed by atoms with Crippen LogP contribution in [0.1, 0.15) is 43.6 Å². The molecule has 1 aliphatic rings. The second kappa shape index (κ2) is 7.94. The van der Waals surface area contributed by atoms with Gasteiger partial charge in [0.25, 0.3) is 0 Å². The van der Waals surface area contributed by atoms with E-state index in [-0.39, 0.29) is 17.7 Å². The van der Waals surface area contributed by atoms with Crippen molar-refractivity contribution < 1.29 is 9.59 Å². The lowest BCUT2D eigenvalue weighted by Crippen LogP contribution is -2.16. The Bertz CT molecular complexity index is 833. The summed E-state index contributed by atoms with van der Waals surface area (Å²) >= 11 is 0. The summed E-state index contributed by atoms with van der Waals surface area (Å²) < 4.78 is 1.99. The summed E-state index contributed by atoms with van der Waals surface area (Å²) in [7, 11) is 0. The SMILES string of the molecule is Cc1nn(CC(C)C)c(C)c1CC(=O)Nc1ccc(NC(=O)C2CC2)cc1. The molecular formula is C21H28N4O2. The van der Waals surface area contributed by atoms with E-state index >= 15 is 0 Å². The predicted octanol–water partition coefficient (Wildman–Crippen LogP) is 3.69. The lowest BCUT2D eigenvalue weighted by atomic mass is 10.1. The number of aromatic nitrogens is 2. The highest BCUT2D eigenvalue weighted by atomic mass is 16.2. The average Bonchev–Trinajstić information content (AvgIpc) is 3.41. The number of aryl methyl sites for hydroxylation is 1. The van der Waals surface area contributed by atoms with Gasteiger partial charge in [0, 0.05) is 35.1 Å². The van der Waals surface area contributed by atoms with E-state index in [1.807, 2.05) is 42.8 Å². The van der Waals surface area contributed by atoms with Crippen LogP contribution in [-0.2, 0) is 22.6 Å². The highest BCUT2D eigenvalue weighted by molar-refractivity contribution is 5.95. The van der Waals surface area contributed by atoms with Crippen molar-refractivity contribution in [3.63, 3.8) is 0 Å². The van der Waals surface area contributed by atoms with E-state index in [9.17, 15) is 9.59 Å². The van der Waals surface area contributed by atoms with Crippen LogP contribution < -0.4 is 10.6 Å². The zero-order valence-corrected chi connectivity index (χ0v) is 16.5. The van der Waals surface area contributed by atoms with E-state index in [1.54, 1.807) is 0 Å². The van der Waals surface area contributed by atoms with Crippen molar-refractivity contribution in [1.29, 1.82) is 0 Å². The Morgan fingerprint density at radius 3 is 2.26 bits per heavy atom. The molecule has 0 bridgehead atoms. The number of anilines is 2. The molecule has 0 radical (unpaired) electrons. The van der Waals surface area contributed by atoms with Crippen molar-refractivity contribution >= 4 is 23.2 Å². The Morgan fingerprint density at radius 1 is 1.11 bits per heavy atom. The Kier molecular flexibility index (Phi) is 5.63. The third kappa shape index (κ3) is 4.96. The summed E-state index contributed by atoms with van der Waals surface area (Å²) in [5, 5.41) is 10.4. The smallest absolute Gasteiger partial charge is 0.228 e. The summed E-state index contributed by atoms with van der Waals surface area (Å²) in [6.45, 7) is 9.12. The molecule has 1 aromatic carbocycles. The molecule has 1 fully saturated rings. The second-order valence-corrected chi connectivity index (χ2v) is 7.79. The molecular weight excluding hydrogens is 340 g/mol. The van der Waals surface area contributed by atoms with E-state index in [2.05, 4.69) is 29.6 Å². The predicted molar refractivity (Wildman–Crippen MR) is 107 cm³/mol. The zero-order valence-electron chi connectivity index (χ0n) is 16.5. The first-order valence-electron chi connectivity index (χ1n) is 9.57.